The van der Waals surface area contributed by atoms with Crippen molar-refractivity contribution in [3.8, 4) is 11.1 Å². The highest BCUT2D eigenvalue weighted by Crippen LogP contribution is 2.42. The molecule has 47 heavy (non-hydrogen) atoms. The summed E-state index contributed by atoms with van der Waals surface area (Å²) in [5.74, 6) is 0.872. The lowest BCUT2D eigenvalue weighted by molar-refractivity contribution is -0.276. The molecule has 246 valence electrons. The molecule has 3 N–H and O–H groups in total. The number of aromatic nitrogens is 2. The van der Waals surface area contributed by atoms with Crippen molar-refractivity contribution in [2.24, 2.45) is 5.92 Å². The Morgan fingerprint density at radius 2 is 1.57 bits per heavy atom. The number of piperazine rings is 1. The highest BCUT2D eigenvalue weighted by Gasteiger charge is 2.39. The summed E-state index contributed by atoms with van der Waals surface area (Å²) >= 11 is 0. The summed E-state index contributed by atoms with van der Waals surface area (Å²) in [6.45, 7) is 9.43. The molecule has 1 aromatic heterocycles. The predicted octanol–water partition coefficient (Wildman–Crippen LogP) is 5.07. The average Bonchev–Trinajstić information content (AvgIpc) is 3.12. The van der Waals surface area contributed by atoms with Gasteiger partial charge in [0.1, 0.15) is 0 Å². The second kappa shape index (κ2) is 15.5. The molecule has 2 amide bonds. The van der Waals surface area contributed by atoms with Crippen LogP contribution in [-0.2, 0) is 22.6 Å². The lowest BCUT2D eigenvalue weighted by Crippen LogP contribution is -2.51. The van der Waals surface area contributed by atoms with Crippen molar-refractivity contribution < 1.29 is 19.4 Å². The molecule has 0 spiro atoms. The van der Waals surface area contributed by atoms with E-state index < -0.39 is 6.29 Å². The Kier molecular flexibility index (Phi) is 10.7. The van der Waals surface area contributed by atoms with Crippen LogP contribution < -0.4 is 15.5 Å². The van der Waals surface area contributed by atoms with Gasteiger partial charge in [-0.25, -0.2) is 14.8 Å². The van der Waals surface area contributed by atoms with Gasteiger partial charge in [-0.05, 0) is 52.9 Å². The lowest BCUT2D eigenvalue weighted by Gasteiger charge is -2.44. The Hall–Kier alpha value is -4.35. The molecule has 10 nitrogen and oxygen atoms in total. The first kappa shape index (κ1) is 32.6. The number of amides is 2. The molecule has 4 atom stereocenters. The van der Waals surface area contributed by atoms with Crippen LogP contribution in [0, 0.1) is 5.92 Å². The maximum Gasteiger partial charge on any atom is 0.315 e. The third kappa shape index (κ3) is 8.15. The molecule has 3 aromatic carbocycles. The molecule has 2 aliphatic heterocycles. The van der Waals surface area contributed by atoms with Crippen molar-refractivity contribution in [3.05, 3.63) is 114 Å². The monoisotopic (exact) mass is 636 g/mol. The number of nitrogens with one attached hydrogen (secondary N) is 2. The molecule has 0 saturated carbocycles. The van der Waals surface area contributed by atoms with Gasteiger partial charge in [0.25, 0.3) is 0 Å². The van der Waals surface area contributed by atoms with Crippen molar-refractivity contribution in [2.75, 3.05) is 44.2 Å². The number of benzene rings is 3. The van der Waals surface area contributed by atoms with Crippen LogP contribution in [-0.4, -0.2) is 71.4 Å². The number of carbonyl (C=O) groups excluding carboxylic acids is 1. The van der Waals surface area contributed by atoms with Gasteiger partial charge in [-0.15, -0.1) is 0 Å². The van der Waals surface area contributed by atoms with Gasteiger partial charge in [-0.1, -0.05) is 67.6 Å². The van der Waals surface area contributed by atoms with E-state index in [1.807, 2.05) is 43.3 Å². The number of hydrogen-bond donors (Lipinski definition) is 3. The minimum atomic E-state index is -0.555. The summed E-state index contributed by atoms with van der Waals surface area (Å²) in [6.07, 6.45) is 2.77. The third-order valence-corrected chi connectivity index (χ3v) is 8.98. The minimum absolute atomic E-state index is 0.00566. The van der Waals surface area contributed by atoms with E-state index >= 15 is 0 Å². The summed E-state index contributed by atoms with van der Waals surface area (Å²) in [5, 5.41) is 15.3. The first-order valence-electron chi connectivity index (χ1n) is 16.5. The first-order valence-corrected chi connectivity index (χ1v) is 16.5. The second-order valence-electron chi connectivity index (χ2n) is 12.2. The fourth-order valence-electron chi connectivity index (χ4n) is 6.30. The van der Waals surface area contributed by atoms with E-state index in [1.165, 1.54) is 0 Å². The Bertz CT molecular complexity index is 1600. The first-order chi connectivity index (χ1) is 23.0. The Morgan fingerprint density at radius 3 is 2.30 bits per heavy atom. The molecule has 2 aliphatic rings. The molecule has 2 saturated heterocycles. The zero-order valence-electron chi connectivity index (χ0n) is 27.1. The minimum Gasteiger partial charge on any atom is -0.392 e. The van der Waals surface area contributed by atoms with Crippen molar-refractivity contribution in [3.63, 3.8) is 0 Å². The normalized spacial score (nSPS) is 21.7. The molecule has 4 aromatic rings. The van der Waals surface area contributed by atoms with Crippen molar-refractivity contribution in [1.29, 1.82) is 0 Å². The fourth-order valence-corrected chi connectivity index (χ4v) is 6.30. The highest BCUT2D eigenvalue weighted by atomic mass is 16.7. The van der Waals surface area contributed by atoms with Gasteiger partial charge in [0.2, 0.25) is 5.95 Å². The maximum absolute atomic E-state index is 11.9. The van der Waals surface area contributed by atoms with Crippen LogP contribution in [0.5, 0.6) is 0 Å². The summed E-state index contributed by atoms with van der Waals surface area (Å²) < 4.78 is 13.6. The number of anilines is 1. The summed E-state index contributed by atoms with van der Waals surface area (Å²) in [5.41, 5.74) is 6.02. The molecule has 0 aliphatic carbocycles. The van der Waals surface area contributed by atoms with Crippen molar-refractivity contribution in [2.45, 2.75) is 45.5 Å². The summed E-state index contributed by atoms with van der Waals surface area (Å²) in [4.78, 5) is 25.5. The number of aliphatic hydroxyl groups excluding tert-OH is 1. The topological polar surface area (TPSA) is 112 Å². The fraction of sp³-hybridized carbons (Fsp3) is 0.378. The largest absolute Gasteiger partial charge is 0.392 e. The molecular formula is C37H44N6O4. The van der Waals surface area contributed by atoms with E-state index in [2.05, 4.69) is 79.8 Å². The molecule has 3 heterocycles. The third-order valence-electron chi connectivity index (χ3n) is 8.98. The number of hydrogen-bond acceptors (Lipinski definition) is 8. The quantitative estimate of drug-likeness (QED) is 0.221. The zero-order valence-corrected chi connectivity index (χ0v) is 27.1. The van der Waals surface area contributed by atoms with Crippen LogP contribution in [0.1, 0.15) is 48.5 Å². The van der Waals surface area contributed by atoms with Gasteiger partial charge < -0.3 is 30.1 Å². The van der Waals surface area contributed by atoms with Gasteiger partial charge in [0, 0.05) is 69.7 Å². The van der Waals surface area contributed by atoms with Gasteiger partial charge in [0.05, 0.1) is 18.8 Å². The van der Waals surface area contributed by atoms with Crippen molar-refractivity contribution >= 4 is 12.0 Å². The Balaban J connectivity index is 1.20. The van der Waals surface area contributed by atoms with Gasteiger partial charge >= 0.3 is 6.03 Å². The average molecular weight is 637 g/mol. The van der Waals surface area contributed by atoms with Gasteiger partial charge in [-0.3, -0.25) is 4.90 Å². The van der Waals surface area contributed by atoms with Crippen molar-refractivity contribution in [1.82, 2.24) is 25.5 Å². The van der Waals surface area contributed by atoms with Crippen LogP contribution in [0.4, 0.5) is 10.7 Å². The molecule has 6 rings (SSSR count). The number of rotatable bonds is 10. The summed E-state index contributed by atoms with van der Waals surface area (Å²) in [7, 11) is 0. The van der Waals surface area contributed by atoms with Gasteiger partial charge in [-0.2, -0.15) is 0 Å². The van der Waals surface area contributed by atoms with E-state index in [0.717, 1.165) is 72.1 Å². The second-order valence-corrected chi connectivity index (χ2v) is 12.2. The predicted molar refractivity (Wildman–Crippen MR) is 181 cm³/mol. The molecular weight excluding hydrogens is 592 g/mol. The number of aliphatic hydroxyl groups is 1. The molecule has 10 heteroatoms. The van der Waals surface area contributed by atoms with Gasteiger partial charge in [0.15, 0.2) is 6.29 Å². The highest BCUT2D eigenvalue weighted by molar-refractivity contribution is 5.74. The van der Waals surface area contributed by atoms with Crippen LogP contribution >= 0.6 is 0 Å². The van der Waals surface area contributed by atoms with Crippen LogP contribution in [0.15, 0.2) is 91.3 Å². The standard InChI is InChI=1S/C37H44N6O4/c1-3-38-37(45)41-23-28-7-4-8-30(21-28)31-9-5-10-32(22-31)35-46-33(26(2)34(47-35)29-13-11-27(25-44)12-14-29)24-42-17-19-43(20-18-42)36-39-15-6-16-40-36/h4-16,21-22,26,33-35,44H,3,17-20,23-25H2,1-2H3,(H2,38,41,45)/t26-,33+,34+,35+/m1/s1. The molecule has 2 fully saturated rings. The number of carbonyl (C=O) groups is 1. The zero-order chi connectivity index (χ0) is 32.6. The Labute approximate surface area is 276 Å². The molecule has 0 radical (unpaired) electrons. The van der Waals surface area contributed by atoms with E-state index in [9.17, 15) is 9.90 Å². The SMILES string of the molecule is CCNC(=O)NCc1cccc(-c2cccc([C@H]3O[C@@H](CN4CCN(c5ncccn5)CC4)[C@@H](C)[C@@H](c4ccc(CO)cc4)O3)c2)c1. The van der Waals surface area contributed by atoms with E-state index in [-0.39, 0.29) is 30.8 Å². The Morgan fingerprint density at radius 1 is 0.851 bits per heavy atom. The van der Waals surface area contributed by atoms with Crippen LogP contribution in [0.2, 0.25) is 0 Å². The number of ether oxygens (including phenoxy) is 2. The number of urea groups is 1. The number of nitrogens with zero attached hydrogens (tertiary/aromatic N) is 4. The smallest absolute Gasteiger partial charge is 0.315 e. The van der Waals surface area contributed by atoms with Crippen LogP contribution in [0.3, 0.4) is 0 Å². The van der Waals surface area contributed by atoms with E-state index in [1.54, 1.807) is 12.4 Å². The van der Waals surface area contributed by atoms with E-state index in [4.69, 9.17) is 9.47 Å². The lowest BCUT2D eigenvalue weighted by atomic mass is 9.89. The maximum atomic E-state index is 11.9. The van der Waals surface area contributed by atoms with E-state index in [0.29, 0.717) is 13.1 Å². The van der Waals surface area contributed by atoms with Crippen LogP contribution in [0.25, 0.3) is 11.1 Å². The molecule has 0 unspecified atom stereocenters. The summed E-state index contributed by atoms with van der Waals surface area (Å²) in [6, 6.07) is 26.2. The molecule has 0 bridgehead atoms.